The van der Waals surface area contributed by atoms with Crippen molar-refractivity contribution < 1.29 is 14.5 Å². The lowest BCUT2D eigenvalue weighted by Gasteiger charge is -2.25. The number of hydrogen-bond acceptors (Lipinski definition) is 6. The minimum absolute atomic E-state index is 0.00388. The topological polar surface area (TPSA) is 85.6 Å². The number of benzene rings is 2. The summed E-state index contributed by atoms with van der Waals surface area (Å²) >= 11 is 7.15. The van der Waals surface area contributed by atoms with Gasteiger partial charge in [0.1, 0.15) is 22.2 Å². The first-order valence-electron chi connectivity index (χ1n) is 9.12. The van der Waals surface area contributed by atoms with Crippen molar-refractivity contribution in [1.82, 2.24) is 9.88 Å². The van der Waals surface area contributed by atoms with Gasteiger partial charge in [-0.2, -0.15) is 0 Å². The van der Waals surface area contributed by atoms with Crippen LogP contribution in [-0.2, 0) is 6.61 Å². The van der Waals surface area contributed by atoms with Crippen LogP contribution in [0.3, 0.4) is 0 Å². The first-order chi connectivity index (χ1) is 14.3. The summed E-state index contributed by atoms with van der Waals surface area (Å²) in [6.07, 6.45) is 0. The lowest BCUT2D eigenvalue weighted by atomic mass is 10.1. The highest BCUT2D eigenvalue weighted by atomic mass is 35.5. The minimum Gasteiger partial charge on any atom is -0.486 e. The molecule has 30 heavy (non-hydrogen) atoms. The summed E-state index contributed by atoms with van der Waals surface area (Å²) in [7, 11) is 1.68. The summed E-state index contributed by atoms with van der Waals surface area (Å²) in [6.45, 7) is 3.85. The molecule has 0 aliphatic heterocycles. The second-order valence-corrected chi connectivity index (χ2v) is 8.23. The fraction of sp³-hybridized carbons (Fsp3) is 0.238. The van der Waals surface area contributed by atoms with E-state index in [-0.39, 0.29) is 24.2 Å². The molecule has 0 aliphatic carbocycles. The van der Waals surface area contributed by atoms with Crippen molar-refractivity contribution in [2.75, 3.05) is 7.05 Å². The SMILES string of the molecule is Cc1nc(COc2ccc(Cl)cc2)sc1C(=O)N(C)[C@H](C)c1cccc([N+](=O)[O-])c1. The van der Waals surface area contributed by atoms with E-state index in [2.05, 4.69) is 4.98 Å². The Morgan fingerprint density at radius 2 is 2.00 bits per heavy atom. The number of nitro groups is 1. The van der Waals surface area contributed by atoms with Crippen LogP contribution in [0, 0.1) is 17.0 Å². The Morgan fingerprint density at radius 1 is 1.30 bits per heavy atom. The summed E-state index contributed by atoms with van der Waals surface area (Å²) < 4.78 is 5.71. The number of amides is 1. The van der Waals surface area contributed by atoms with E-state index in [0.29, 0.717) is 31.9 Å². The third kappa shape index (κ3) is 4.95. The van der Waals surface area contributed by atoms with Gasteiger partial charge in [0.05, 0.1) is 16.7 Å². The molecule has 2 aromatic carbocycles. The van der Waals surface area contributed by atoms with Gasteiger partial charge in [0.15, 0.2) is 0 Å². The van der Waals surface area contributed by atoms with Crippen molar-refractivity contribution in [1.29, 1.82) is 0 Å². The van der Waals surface area contributed by atoms with E-state index in [4.69, 9.17) is 16.3 Å². The molecule has 9 heteroatoms. The number of aromatic nitrogens is 1. The van der Waals surface area contributed by atoms with Gasteiger partial charge in [-0.05, 0) is 43.7 Å². The lowest BCUT2D eigenvalue weighted by molar-refractivity contribution is -0.384. The number of nitrogens with zero attached hydrogens (tertiary/aromatic N) is 3. The maximum atomic E-state index is 13.0. The molecule has 3 aromatic rings. The maximum absolute atomic E-state index is 13.0. The quantitative estimate of drug-likeness (QED) is 0.357. The van der Waals surface area contributed by atoms with E-state index >= 15 is 0 Å². The molecule has 0 radical (unpaired) electrons. The van der Waals surface area contributed by atoms with E-state index < -0.39 is 4.92 Å². The van der Waals surface area contributed by atoms with Gasteiger partial charge < -0.3 is 9.64 Å². The van der Waals surface area contributed by atoms with Crippen molar-refractivity contribution in [3.63, 3.8) is 0 Å². The van der Waals surface area contributed by atoms with Crippen molar-refractivity contribution in [2.24, 2.45) is 0 Å². The number of nitro benzene ring substituents is 1. The lowest BCUT2D eigenvalue weighted by Crippen LogP contribution is -2.29. The second kappa shape index (κ2) is 9.23. The molecular formula is C21H20ClN3O4S. The molecule has 1 aromatic heterocycles. The van der Waals surface area contributed by atoms with Crippen LogP contribution in [0.1, 0.15) is 38.9 Å². The number of hydrogen-bond donors (Lipinski definition) is 0. The molecule has 156 valence electrons. The average Bonchev–Trinajstić information content (AvgIpc) is 3.12. The van der Waals surface area contributed by atoms with Crippen LogP contribution in [0.5, 0.6) is 5.75 Å². The Bertz CT molecular complexity index is 1070. The standard InChI is InChI=1S/C21H20ClN3O4S/c1-13-20(30-19(23-13)12-29-18-9-7-16(22)8-10-18)21(26)24(3)14(2)15-5-4-6-17(11-15)25(27)28/h4-11,14H,12H2,1-3H3/t14-/m1/s1. The van der Waals surface area contributed by atoms with E-state index in [0.717, 1.165) is 0 Å². The van der Waals surface area contributed by atoms with Crippen molar-refractivity contribution in [2.45, 2.75) is 26.5 Å². The fourth-order valence-corrected chi connectivity index (χ4v) is 3.93. The molecule has 0 spiro atoms. The van der Waals surface area contributed by atoms with Crippen LogP contribution < -0.4 is 4.74 Å². The Kier molecular flexibility index (Phi) is 6.69. The molecule has 0 unspecified atom stereocenters. The predicted octanol–water partition coefficient (Wildman–Crippen LogP) is 5.43. The summed E-state index contributed by atoms with van der Waals surface area (Å²) in [5.74, 6) is 0.471. The summed E-state index contributed by atoms with van der Waals surface area (Å²) in [6, 6.07) is 13.0. The van der Waals surface area contributed by atoms with Crippen LogP contribution in [-0.4, -0.2) is 27.8 Å². The molecule has 7 nitrogen and oxygen atoms in total. The first-order valence-corrected chi connectivity index (χ1v) is 10.3. The zero-order valence-electron chi connectivity index (χ0n) is 16.7. The number of ether oxygens (including phenoxy) is 1. The Balaban J connectivity index is 1.72. The van der Waals surface area contributed by atoms with Crippen LogP contribution >= 0.6 is 22.9 Å². The number of rotatable bonds is 7. The van der Waals surface area contributed by atoms with Crippen molar-refractivity contribution in [3.05, 3.63) is 84.8 Å². The molecule has 0 saturated carbocycles. The number of carbonyl (C=O) groups excluding carboxylic acids is 1. The Hall–Kier alpha value is -2.97. The Labute approximate surface area is 183 Å². The molecule has 0 fully saturated rings. The minimum atomic E-state index is -0.446. The number of non-ortho nitro benzene ring substituents is 1. The van der Waals surface area contributed by atoms with Gasteiger partial charge >= 0.3 is 0 Å². The largest absolute Gasteiger partial charge is 0.486 e. The van der Waals surface area contributed by atoms with Gasteiger partial charge in [-0.3, -0.25) is 14.9 Å². The van der Waals surface area contributed by atoms with E-state index in [1.807, 2.05) is 6.92 Å². The van der Waals surface area contributed by atoms with Gasteiger partial charge in [-0.25, -0.2) is 4.98 Å². The summed E-state index contributed by atoms with van der Waals surface area (Å²) in [5.41, 5.74) is 1.31. The number of carbonyl (C=O) groups is 1. The predicted molar refractivity (Wildman–Crippen MR) is 116 cm³/mol. The monoisotopic (exact) mass is 445 g/mol. The van der Waals surface area contributed by atoms with E-state index in [9.17, 15) is 14.9 Å². The smallest absolute Gasteiger partial charge is 0.269 e. The highest BCUT2D eigenvalue weighted by Crippen LogP contribution is 2.27. The molecule has 1 amide bonds. The molecule has 0 N–H and O–H groups in total. The number of halogens is 1. The van der Waals surface area contributed by atoms with Gasteiger partial charge in [0, 0.05) is 24.2 Å². The second-order valence-electron chi connectivity index (χ2n) is 6.71. The van der Waals surface area contributed by atoms with Crippen LogP contribution in [0.25, 0.3) is 0 Å². The van der Waals surface area contributed by atoms with Crippen molar-refractivity contribution >= 4 is 34.5 Å². The highest BCUT2D eigenvalue weighted by molar-refractivity contribution is 7.13. The molecule has 0 saturated heterocycles. The van der Waals surface area contributed by atoms with Crippen LogP contribution in [0.4, 0.5) is 5.69 Å². The molecule has 3 rings (SSSR count). The van der Waals surface area contributed by atoms with Crippen molar-refractivity contribution in [3.8, 4) is 5.75 Å². The normalized spacial score (nSPS) is 11.7. The van der Waals surface area contributed by atoms with E-state index in [1.165, 1.54) is 23.5 Å². The van der Waals surface area contributed by atoms with Crippen LogP contribution in [0.2, 0.25) is 5.02 Å². The van der Waals surface area contributed by atoms with Gasteiger partial charge in [0.25, 0.3) is 11.6 Å². The molecule has 0 aliphatic rings. The third-order valence-corrected chi connectivity index (χ3v) is 6.05. The molecule has 1 heterocycles. The van der Waals surface area contributed by atoms with Gasteiger partial charge in [-0.15, -0.1) is 11.3 Å². The third-order valence-electron chi connectivity index (χ3n) is 4.68. The van der Waals surface area contributed by atoms with Crippen LogP contribution in [0.15, 0.2) is 48.5 Å². The van der Waals surface area contributed by atoms with Gasteiger partial charge in [-0.1, -0.05) is 23.7 Å². The summed E-state index contributed by atoms with van der Waals surface area (Å²) in [5, 5.41) is 12.3. The molecule has 1 atom stereocenters. The Morgan fingerprint density at radius 3 is 2.67 bits per heavy atom. The fourth-order valence-electron chi connectivity index (χ4n) is 2.85. The molecular weight excluding hydrogens is 426 g/mol. The zero-order valence-corrected chi connectivity index (χ0v) is 18.2. The highest BCUT2D eigenvalue weighted by Gasteiger charge is 2.24. The summed E-state index contributed by atoms with van der Waals surface area (Å²) in [4.78, 5) is 30.1. The number of thiazole rings is 1. The number of aryl methyl sites for hydroxylation is 1. The molecule has 0 bridgehead atoms. The average molecular weight is 446 g/mol. The van der Waals surface area contributed by atoms with E-state index in [1.54, 1.807) is 55.3 Å². The maximum Gasteiger partial charge on any atom is 0.269 e. The first kappa shape index (κ1) is 21.7. The van der Waals surface area contributed by atoms with Gasteiger partial charge in [0.2, 0.25) is 0 Å². The zero-order chi connectivity index (χ0) is 21.8.